The molecular formula is C15H17NO3. The Kier molecular flexibility index (Phi) is 3.18. The molecule has 19 heavy (non-hydrogen) atoms. The van der Waals surface area contributed by atoms with Crippen LogP contribution in [0.5, 0.6) is 0 Å². The lowest BCUT2D eigenvalue weighted by Crippen LogP contribution is -2.26. The smallest absolute Gasteiger partial charge is 0.419 e. The quantitative estimate of drug-likeness (QED) is 0.736. The molecule has 0 aliphatic heterocycles. The third-order valence-corrected chi connectivity index (χ3v) is 2.78. The number of aromatic nitrogens is 1. The zero-order valence-corrected chi connectivity index (χ0v) is 11.6. The molecule has 0 amide bonds. The van der Waals surface area contributed by atoms with E-state index in [9.17, 15) is 9.59 Å². The number of aldehydes is 1. The SMILES string of the molecule is Cc1cccc2c1c(C=O)cn2C(=O)OC(C)(C)C. The van der Waals surface area contributed by atoms with Crippen molar-refractivity contribution in [1.29, 1.82) is 0 Å². The summed E-state index contributed by atoms with van der Waals surface area (Å²) in [4.78, 5) is 23.3. The van der Waals surface area contributed by atoms with Crippen molar-refractivity contribution < 1.29 is 14.3 Å². The number of carbonyl (C=O) groups is 2. The van der Waals surface area contributed by atoms with Crippen molar-refractivity contribution in [2.45, 2.75) is 33.3 Å². The molecule has 0 spiro atoms. The van der Waals surface area contributed by atoms with Crippen LogP contribution in [0.4, 0.5) is 4.79 Å². The van der Waals surface area contributed by atoms with Gasteiger partial charge in [0.2, 0.25) is 0 Å². The van der Waals surface area contributed by atoms with Crippen LogP contribution in [0.3, 0.4) is 0 Å². The van der Waals surface area contributed by atoms with Gasteiger partial charge in [0.05, 0.1) is 5.52 Å². The zero-order valence-electron chi connectivity index (χ0n) is 11.6. The van der Waals surface area contributed by atoms with Crippen LogP contribution >= 0.6 is 0 Å². The molecule has 4 heteroatoms. The first-order valence-electron chi connectivity index (χ1n) is 6.12. The summed E-state index contributed by atoms with van der Waals surface area (Å²) >= 11 is 0. The van der Waals surface area contributed by atoms with Gasteiger partial charge in [-0.3, -0.25) is 9.36 Å². The maximum Gasteiger partial charge on any atom is 0.419 e. The molecule has 1 aromatic carbocycles. The third-order valence-electron chi connectivity index (χ3n) is 2.78. The van der Waals surface area contributed by atoms with Gasteiger partial charge in [-0.25, -0.2) is 4.79 Å². The van der Waals surface area contributed by atoms with Crippen LogP contribution in [0.25, 0.3) is 10.9 Å². The van der Waals surface area contributed by atoms with Crippen LogP contribution in [0.15, 0.2) is 24.4 Å². The predicted octanol–water partition coefficient (Wildman–Crippen LogP) is 3.55. The fourth-order valence-electron chi connectivity index (χ4n) is 2.05. The number of benzene rings is 1. The summed E-state index contributed by atoms with van der Waals surface area (Å²) in [5.41, 5.74) is 1.58. The summed E-state index contributed by atoms with van der Waals surface area (Å²) in [6, 6.07) is 5.57. The monoisotopic (exact) mass is 259 g/mol. The average Bonchev–Trinajstić information content (AvgIpc) is 2.67. The summed E-state index contributed by atoms with van der Waals surface area (Å²) in [6.45, 7) is 7.34. The van der Waals surface area contributed by atoms with Crippen LogP contribution in [-0.4, -0.2) is 22.5 Å². The first-order chi connectivity index (χ1) is 8.83. The first kappa shape index (κ1) is 13.3. The number of aryl methyl sites for hydroxylation is 1. The summed E-state index contributed by atoms with van der Waals surface area (Å²) < 4.78 is 6.72. The van der Waals surface area contributed by atoms with E-state index in [1.54, 1.807) is 6.07 Å². The lowest BCUT2D eigenvalue weighted by Gasteiger charge is -2.19. The van der Waals surface area contributed by atoms with Crippen molar-refractivity contribution in [2.75, 3.05) is 0 Å². The average molecular weight is 259 g/mol. The molecule has 0 radical (unpaired) electrons. The van der Waals surface area contributed by atoms with Gasteiger partial charge in [0.25, 0.3) is 0 Å². The Morgan fingerprint density at radius 1 is 1.32 bits per heavy atom. The molecule has 100 valence electrons. The summed E-state index contributed by atoms with van der Waals surface area (Å²) in [5.74, 6) is 0. The van der Waals surface area contributed by atoms with Crippen molar-refractivity contribution >= 4 is 23.3 Å². The first-order valence-corrected chi connectivity index (χ1v) is 6.12. The molecule has 2 aromatic rings. The van der Waals surface area contributed by atoms with E-state index < -0.39 is 11.7 Å². The molecule has 0 N–H and O–H groups in total. The van der Waals surface area contributed by atoms with Gasteiger partial charge >= 0.3 is 6.09 Å². The van der Waals surface area contributed by atoms with Gasteiger partial charge in [-0.05, 0) is 39.3 Å². The van der Waals surface area contributed by atoms with E-state index in [1.807, 2.05) is 39.8 Å². The van der Waals surface area contributed by atoms with E-state index >= 15 is 0 Å². The number of rotatable bonds is 1. The minimum Gasteiger partial charge on any atom is -0.443 e. The highest BCUT2D eigenvalue weighted by Crippen LogP contribution is 2.24. The van der Waals surface area contributed by atoms with Crippen LogP contribution < -0.4 is 0 Å². The molecule has 1 heterocycles. The van der Waals surface area contributed by atoms with Crippen LogP contribution in [0.2, 0.25) is 0 Å². The molecule has 4 nitrogen and oxygen atoms in total. The van der Waals surface area contributed by atoms with E-state index in [0.29, 0.717) is 11.1 Å². The Hall–Kier alpha value is -2.10. The normalized spacial score (nSPS) is 11.6. The van der Waals surface area contributed by atoms with Crippen molar-refractivity contribution in [2.24, 2.45) is 0 Å². The Balaban J connectivity index is 2.59. The fraction of sp³-hybridized carbons (Fsp3) is 0.333. The number of carbonyl (C=O) groups excluding carboxylic acids is 2. The van der Waals surface area contributed by atoms with Crippen LogP contribution in [0, 0.1) is 6.92 Å². The Labute approximate surface area is 112 Å². The Bertz CT molecular complexity index is 647. The Morgan fingerprint density at radius 3 is 2.58 bits per heavy atom. The fourth-order valence-corrected chi connectivity index (χ4v) is 2.05. The lowest BCUT2D eigenvalue weighted by atomic mass is 10.1. The standard InChI is InChI=1S/C15H17NO3/c1-10-6-5-7-12-13(10)11(9-17)8-16(12)14(18)19-15(2,3)4/h5-9H,1-4H3. The molecular weight excluding hydrogens is 242 g/mol. The van der Waals surface area contributed by atoms with E-state index in [4.69, 9.17) is 4.74 Å². The zero-order chi connectivity index (χ0) is 14.2. The molecule has 0 fully saturated rings. The van der Waals surface area contributed by atoms with Gasteiger partial charge in [0.1, 0.15) is 5.60 Å². The molecule has 0 unspecified atom stereocenters. The second-order valence-corrected chi connectivity index (χ2v) is 5.52. The van der Waals surface area contributed by atoms with Crippen LogP contribution in [0.1, 0.15) is 36.7 Å². The molecule has 2 rings (SSSR count). The van der Waals surface area contributed by atoms with Gasteiger partial charge < -0.3 is 4.74 Å². The van der Waals surface area contributed by atoms with Gasteiger partial charge in [0, 0.05) is 17.1 Å². The van der Waals surface area contributed by atoms with Crippen molar-refractivity contribution in [1.82, 2.24) is 4.57 Å². The minimum absolute atomic E-state index is 0.476. The number of hydrogen-bond acceptors (Lipinski definition) is 3. The largest absolute Gasteiger partial charge is 0.443 e. The summed E-state index contributed by atoms with van der Waals surface area (Å²) in [7, 11) is 0. The van der Waals surface area contributed by atoms with Gasteiger partial charge in [0.15, 0.2) is 6.29 Å². The highest BCUT2D eigenvalue weighted by atomic mass is 16.6. The number of ether oxygens (including phenoxy) is 1. The van der Waals surface area contributed by atoms with Crippen molar-refractivity contribution in [3.63, 3.8) is 0 Å². The summed E-state index contributed by atoms with van der Waals surface area (Å²) in [5, 5.41) is 0.795. The molecule has 0 atom stereocenters. The molecule has 0 aliphatic rings. The lowest BCUT2D eigenvalue weighted by molar-refractivity contribution is 0.0544. The maximum atomic E-state index is 12.1. The van der Waals surface area contributed by atoms with Gasteiger partial charge in [-0.15, -0.1) is 0 Å². The number of hydrogen-bond donors (Lipinski definition) is 0. The number of fused-ring (bicyclic) bond motifs is 1. The minimum atomic E-state index is -0.571. The van der Waals surface area contributed by atoms with Crippen molar-refractivity contribution in [3.8, 4) is 0 Å². The summed E-state index contributed by atoms with van der Waals surface area (Å²) in [6.07, 6.45) is 1.81. The van der Waals surface area contributed by atoms with Crippen LogP contribution in [-0.2, 0) is 4.74 Å². The second-order valence-electron chi connectivity index (χ2n) is 5.52. The van der Waals surface area contributed by atoms with Gasteiger partial charge in [-0.1, -0.05) is 12.1 Å². The molecule has 0 bridgehead atoms. The predicted molar refractivity (Wildman–Crippen MR) is 73.7 cm³/mol. The van der Waals surface area contributed by atoms with E-state index in [-0.39, 0.29) is 0 Å². The highest BCUT2D eigenvalue weighted by molar-refractivity contribution is 6.02. The Morgan fingerprint density at radius 2 is 2.00 bits per heavy atom. The topological polar surface area (TPSA) is 48.3 Å². The highest BCUT2D eigenvalue weighted by Gasteiger charge is 2.21. The van der Waals surface area contributed by atoms with Gasteiger partial charge in [-0.2, -0.15) is 0 Å². The van der Waals surface area contributed by atoms with E-state index in [0.717, 1.165) is 17.2 Å². The third kappa shape index (κ3) is 2.52. The number of nitrogens with zero attached hydrogens (tertiary/aromatic N) is 1. The van der Waals surface area contributed by atoms with Crippen molar-refractivity contribution in [3.05, 3.63) is 35.5 Å². The molecule has 0 aliphatic carbocycles. The van der Waals surface area contributed by atoms with E-state index in [1.165, 1.54) is 10.8 Å². The second kappa shape index (κ2) is 4.53. The molecule has 0 saturated carbocycles. The maximum absolute atomic E-state index is 12.1. The molecule has 0 saturated heterocycles. The van der Waals surface area contributed by atoms with E-state index in [2.05, 4.69) is 0 Å². The molecule has 1 aromatic heterocycles.